The van der Waals surface area contributed by atoms with Crippen molar-refractivity contribution in [3.05, 3.63) is 54.1 Å². The van der Waals surface area contributed by atoms with E-state index in [1.54, 1.807) is 31.2 Å². The first kappa shape index (κ1) is 21.4. The summed E-state index contributed by atoms with van der Waals surface area (Å²) in [4.78, 5) is 23.9. The molecule has 0 saturated heterocycles. The van der Waals surface area contributed by atoms with Crippen molar-refractivity contribution in [1.29, 1.82) is 0 Å². The molecule has 1 heterocycles. The molecule has 156 valence electrons. The number of nitrogens with zero attached hydrogens (tertiary/aromatic N) is 3. The highest BCUT2D eigenvalue weighted by Crippen LogP contribution is 2.26. The molecule has 0 aliphatic heterocycles. The summed E-state index contributed by atoms with van der Waals surface area (Å²) in [6.45, 7) is 5.77. The molecule has 1 unspecified atom stereocenters. The highest BCUT2D eigenvalue weighted by atomic mass is 32.2. The maximum absolute atomic E-state index is 12.5. The van der Waals surface area contributed by atoms with Gasteiger partial charge in [0.05, 0.1) is 11.9 Å². The first-order valence-electron chi connectivity index (χ1n) is 9.41. The molecule has 8 nitrogen and oxygen atoms in total. The quantitative estimate of drug-likeness (QED) is 0.323. The zero-order valence-corrected chi connectivity index (χ0v) is 17.8. The van der Waals surface area contributed by atoms with E-state index in [4.69, 9.17) is 10.6 Å². The molecule has 1 aromatic heterocycles. The summed E-state index contributed by atoms with van der Waals surface area (Å²) >= 11 is 1.21. The van der Waals surface area contributed by atoms with Gasteiger partial charge in [0.1, 0.15) is 5.75 Å². The minimum atomic E-state index is -0.461. The third-order valence-electron chi connectivity index (χ3n) is 4.30. The Bertz CT molecular complexity index is 1030. The number of anilines is 1. The Morgan fingerprint density at radius 1 is 1.13 bits per heavy atom. The number of ether oxygens (including phenoxy) is 1. The van der Waals surface area contributed by atoms with E-state index in [1.807, 2.05) is 31.2 Å². The molecule has 1 atom stereocenters. The van der Waals surface area contributed by atoms with Crippen molar-refractivity contribution < 1.29 is 14.3 Å². The van der Waals surface area contributed by atoms with Crippen molar-refractivity contribution in [2.75, 3.05) is 17.8 Å². The summed E-state index contributed by atoms with van der Waals surface area (Å²) in [6, 6.07) is 14.1. The molecular weight excluding hydrogens is 402 g/mol. The number of Topliss-reactive ketones (excluding diaryl/α,β-unsaturated/α-hetero) is 1. The first-order valence-corrected chi connectivity index (χ1v) is 10.3. The van der Waals surface area contributed by atoms with Gasteiger partial charge >= 0.3 is 0 Å². The average molecular weight is 426 g/mol. The SMILES string of the molecule is CCOc1ccc(-c2nnc(SC(C)C(=O)Nc3ccc(C(C)=O)cc3)n2N)cc1. The summed E-state index contributed by atoms with van der Waals surface area (Å²) in [5.41, 5.74) is 2.00. The lowest BCUT2D eigenvalue weighted by molar-refractivity contribution is -0.115. The van der Waals surface area contributed by atoms with Gasteiger partial charge < -0.3 is 15.9 Å². The van der Waals surface area contributed by atoms with Gasteiger partial charge in [-0.15, -0.1) is 10.2 Å². The van der Waals surface area contributed by atoms with E-state index in [-0.39, 0.29) is 11.7 Å². The van der Waals surface area contributed by atoms with Gasteiger partial charge in [-0.25, -0.2) is 4.68 Å². The minimum Gasteiger partial charge on any atom is -0.494 e. The maximum Gasteiger partial charge on any atom is 0.237 e. The lowest BCUT2D eigenvalue weighted by Crippen LogP contribution is -2.23. The molecule has 1 amide bonds. The molecule has 2 aromatic carbocycles. The number of ketones is 1. The third kappa shape index (κ3) is 4.98. The largest absolute Gasteiger partial charge is 0.494 e. The van der Waals surface area contributed by atoms with Crippen LogP contribution in [0.4, 0.5) is 5.69 Å². The van der Waals surface area contributed by atoms with Gasteiger partial charge in [0.2, 0.25) is 11.1 Å². The van der Waals surface area contributed by atoms with Crippen LogP contribution in [0.15, 0.2) is 53.7 Å². The molecule has 30 heavy (non-hydrogen) atoms. The van der Waals surface area contributed by atoms with E-state index in [0.717, 1.165) is 11.3 Å². The number of amides is 1. The zero-order valence-electron chi connectivity index (χ0n) is 17.0. The maximum atomic E-state index is 12.5. The number of carbonyl (C=O) groups excluding carboxylic acids is 2. The second-order valence-corrected chi connectivity index (χ2v) is 7.82. The molecule has 0 fully saturated rings. The molecule has 3 N–H and O–H groups in total. The predicted molar refractivity (Wildman–Crippen MR) is 117 cm³/mol. The lowest BCUT2D eigenvalue weighted by Gasteiger charge is -2.12. The number of nitrogens with two attached hydrogens (primary N) is 1. The number of nitrogen functional groups attached to an aromatic ring is 1. The van der Waals surface area contributed by atoms with E-state index >= 15 is 0 Å². The number of nitrogens with one attached hydrogen (secondary N) is 1. The number of thioether (sulfide) groups is 1. The van der Waals surface area contributed by atoms with E-state index in [0.29, 0.717) is 28.8 Å². The molecule has 9 heteroatoms. The smallest absolute Gasteiger partial charge is 0.237 e. The van der Waals surface area contributed by atoms with Crippen molar-refractivity contribution in [1.82, 2.24) is 14.9 Å². The van der Waals surface area contributed by atoms with Gasteiger partial charge in [-0.05, 0) is 69.3 Å². The highest BCUT2D eigenvalue weighted by molar-refractivity contribution is 8.00. The second kappa shape index (κ2) is 9.45. The molecule has 0 radical (unpaired) electrons. The highest BCUT2D eigenvalue weighted by Gasteiger charge is 2.20. The van der Waals surface area contributed by atoms with E-state index < -0.39 is 5.25 Å². The fraction of sp³-hybridized carbons (Fsp3) is 0.238. The number of aromatic nitrogens is 3. The Hall–Kier alpha value is -3.33. The van der Waals surface area contributed by atoms with Crippen molar-refractivity contribution >= 4 is 29.1 Å². The van der Waals surface area contributed by atoms with Gasteiger partial charge in [0.15, 0.2) is 11.6 Å². The third-order valence-corrected chi connectivity index (χ3v) is 5.36. The van der Waals surface area contributed by atoms with Gasteiger partial charge in [-0.3, -0.25) is 9.59 Å². The molecule has 0 aliphatic carbocycles. The number of carbonyl (C=O) groups is 2. The van der Waals surface area contributed by atoms with Crippen LogP contribution in [0, 0.1) is 0 Å². The minimum absolute atomic E-state index is 0.0255. The van der Waals surface area contributed by atoms with Crippen LogP contribution < -0.4 is 15.9 Å². The Morgan fingerprint density at radius 3 is 2.40 bits per heavy atom. The summed E-state index contributed by atoms with van der Waals surface area (Å²) < 4.78 is 6.81. The molecule has 0 bridgehead atoms. The molecule has 3 rings (SSSR count). The molecule has 0 spiro atoms. The lowest BCUT2D eigenvalue weighted by atomic mass is 10.1. The Labute approximate surface area is 178 Å². The normalized spacial score (nSPS) is 11.7. The number of rotatable bonds is 8. The van der Waals surface area contributed by atoms with Gasteiger partial charge in [-0.2, -0.15) is 0 Å². The second-order valence-electron chi connectivity index (χ2n) is 6.52. The predicted octanol–water partition coefficient (Wildman–Crippen LogP) is 3.38. The fourth-order valence-corrected chi connectivity index (χ4v) is 3.44. The van der Waals surface area contributed by atoms with E-state index in [1.165, 1.54) is 23.4 Å². The molecule has 0 aliphatic rings. The molecule has 3 aromatic rings. The van der Waals surface area contributed by atoms with Crippen LogP contribution in [0.5, 0.6) is 5.75 Å². The van der Waals surface area contributed by atoms with Crippen LogP contribution >= 0.6 is 11.8 Å². The first-order chi connectivity index (χ1) is 14.4. The Balaban J connectivity index is 1.65. The van der Waals surface area contributed by atoms with E-state index in [9.17, 15) is 9.59 Å². The van der Waals surface area contributed by atoms with Crippen molar-refractivity contribution in [2.45, 2.75) is 31.2 Å². The van der Waals surface area contributed by atoms with Crippen LogP contribution in [0.25, 0.3) is 11.4 Å². The van der Waals surface area contributed by atoms with Crippen LogP contribution in [0.2, 0.25) is 0 Å². The van der Waals surface area contributed by atoms with Crippen LogP contribution in [0.3, 0.4) is 0 Å². The van der Waals surface area contributed by atoms with Crippen molar-refractivity contribution in [3.63, 3.8) is 0 Å². The topological polar surface area (TPSA) is 112 Å². The summed E-state index contributed by atoms with van der Waals surface area (Å²) in [5, 5.41) is 11.0. The summed E-state index contributed by atoms with van der Waals surface area (Å²) in [7, 11) is 0. The van der Waals surface area contributed by atoms with Crippen LogP contribution in [-0.2, 0) is 4.79 Å². The van der Waals surface area contributed by atoms with Crippen LogP contribution in [-0.4, -0.2) is 38.4 Å². The number of hydrogen-bond donors (Lipinski definition) is 2. The van der Waals surface area contributed by atoms with Gasteiger partial charge in [0, 0.05) is 16.8 Å². The van der Waals surface area contributed by atoms with Gasteiger partial charge in [0.25, 0.3) is 0 Å². The standard InChI is InChI=1S/C21H23N5O3S/c1-4-29-18-11-7-16(8-12-18)19-24-25-21(26(19)22)30-14(3)20(28)23-17-9-5-15(6-10-17)13(2)27/h5-12,14H,4,22H2,1-3H3,(H,23,28). The molecule has 0 saturated carbocycles. The van der Waals surface area contributed by atoms with Gasteiger partial charge in [-0.1, -0.05) is 11.8 Å². The number of hydrogen-bond acceptors (Lipinski definition) is 7. The Kier molecular flexibility index (Phi) is 6.73. The fourth-order valence-electron chi connectivity index (χ4n) is 2.66. The number of benzene rings is 2. The van der Waals surface area contributed by atoms with Crippen molar-refractivity contribution in [3.8, 4) is 17.1 Å². The van der Waals surface area contributed by atoms with E-state index in [2.05, 4.69) is 15.5 Å². The van der Waals surface area contributed by atoms with Crippen LogP contribution in [0.1, 0.15) is 31.1 Å². The monoisotopic (exact) mass is 425 g/mol. The Morgan fingerprint density at radius 2 is 1.80 bits per heavy atom. The molecular formula is C21H23N5O3S. The van der Waals surface area contributed by atoms with Crippen molar-refractivity contribution in [2.24, 2.45) is 0 Å². The summed E-state index contributed by atoms with van der Waals surface area (Å²) in [6.07, 6.45) is 0. The summed E-state index contributed by atoms with van der Waals surface area (Å²) in [5.74, 6) is 7.18. The average Bonchev–Trinajstić information content (AvgIpc) is 3.09. The zero-order chi connectivity index (χ0) is 21.7.